The zero-order valence-electron chi connectivity index (χ0n) is 16.1. The summed E-state index contributed by atoms with van der Waals surface area (Å²) >= 11 is 1.43. The van der Waals surface area contributed by atoms with Gasteiger partial charge in [0.1, 0.15) is 5.69 Å². The maximum absolute atomic E-state index is 12.8. The minimum absolute atomic E-state index is 0.00361. The summed E-state index contributed by atoms with van der Waals surface area (Å²) in [5.41, 5.74) is 5.16. The third-order valence-corrected chi connectivity index (χ3v) is 5.67. The number of nitrogens with zero attached hydrogens (tertiary/aromatic N) is 4. The van der Waals surface area contributed by atoms with Crippen molar-refractivity contribution in [3.8, 4) is 0 Å². The molecule has 0 aliphatic carbocycles. The van der Waals surface area contributed by atoms with Crippen molar-refractivity contribution in [1.29, 1.82) is 0 Å². The number of hydrogen-bond donors (Lipinski definition) is 1. The van der Waals surface area contributed by atoms with Gasteiger partial charge in [-0.25, -0.2) is 4.98 Å². The summed E-state index contributed by atoms with van der Waals surface area (Å²) in [4.78, 5) is 25.6. The molecule has 144 valence electrons. The predicted octanol–water partition coefficient (Wildman–Crippen LogP) is 3.86. The molecule has 0 radical (unpaired) electrons. The summed E-state index contributed by atoms with van der Waals surface area (Å²) in [6, 6.07) is 10.3. The lowest BCUT2D eigenvalue weighted by molar-refractivity contribution is 0.0742. The van der Waals surface area contributed by atoms with Gasteiger partial charge in [-0.2, -0.15) is 0 Å². The summed E-state index contributed by atoms with van der Waals surface area (Å²) < 4.78 is 0. The summed E-state index contributed by atoms with van der Waals surface area (Å²) in [5, 5.41) is 5.71. The van der Waals surface area contributed by atoms with Crippen LogP contribution >= 0.6 is 11.3 Å². The Balaban J connectivity index is 1.38. The molecule has 3 aromatic rings. The number of carbonyl (C=O) groups excluding carboxylic acids is 1. The number of aromatic nitrogens is 2. The van der Waals surface area contributed by atoms with Crippen molar-refractivity contribution in [2.75, 3.05) is 36.4 Å². The lowest BCUT2D eigenvalue weighted by Crippen LogP contribution is -2.49. The molecule has 3 heterocycles. The highest BCUT2D eigenvalue weighted by molar-refractivity contribution is 7.14. The lowest BCUT2D eigenvalue weighted by Gasteiger charge is -2.36. The fourth-order valence-corrected chi connectivity index (χ4v) is 4.07. The van der Waals surface area contributed by atoms with Gasteiger partial charge in [0.15, 0.2) is 5.13 Å². The van der Waals surface area contributed by atoms with E-state index < -0.39 is 0 Å². The van der Waals surface area contributed by atoms with Gasteiger partial charge in [-0.15, -0.1) is 11.3 Å². The maximum Gasteiger partial charge on any atom is 0.273 e. The fraction of sp³-hybridized carbons (Fsp3) is 0.286. The molecule has 1 aliphatic rings. The number of benzene rings is 1. The van der Waals surface area contributed by atoms with Crippen molar-refractivity contribution in [2.24, 2.45) is 0 Å². The summed E-state index contributed by atoms with van der Waals surface area (Å²) in [6.07, 6.45) is 3.45. The molecule has 1 aliphatic heterocycles. The molecule has 1 aromatic carbocycles. The Morgan fingerprint density at radius 1 is 1.14 bits per heavy atom. The summed E-state index contributed by atoms with van der Waals surface area (Å²) in [6.45, 7) is 7.33. The molecule has 2 aromatic heterocycles. The van der Waals surface area contributed by atoms with Crippen molar-refractivity contribution in [3.05, 3.63) is 64.9 Å². The number of thiazole rings is 1. The quantitative estimate of drug-likeness (QED) is 0.729. The molecule has 28 heavy (non-hydrogen) atoms. The molecule has 0 saturated carbocycles. The van der Waals surface area contributed by atoms with Crippen LogP contribution in [0.3, 0.4) is 0 Å². The van der Waals surface area contributed by atoms with Crippen molar-refractivity contribution >= 4 is 33.8 Å². The van der Waals surface area contributed by atoms with Crippen LogP contribution in [0.1, 0.15) is 21.6 Å². The topological polar surface area (TPSA) is 61.4 Å². The van der Waals surface area contributed by atoms with E-state index in [0.29, 0.717) is 23.9 Å². The van der Waals surface area contributed by atoms with E-state index in [0.717, 1.165) is 18.8 Å². The fourth-order valence-electron chi connectivity index (χ4n) is 3.36. The SMILES string of the molecule is Cc1ccc(C)c(N2CCN(C(=O)c3csc(Nc4cccnc4)n3)CC2)c1. The standard InChI is InChI=1S/C21H23N5OS/c1-15-5-6-16(2)19(12-15)25-8-10-26(11-9-25)20(27)18-14-28-21(24-18)23-17-4-3-7-22-13-17/h3-7,12-14H,8-11H2,1-2H3,(H,23,24). The third kappa shape index (κ3) is 3.99. The van der Waals surface area contributed by atoms with Crippen LogP contribution in [0.4, 0.5) is 16.5 Å². The summed E-state index contributed by atoms with van der Waals surface area (Å²) in [5.74, 6) is -0.00361. The first kappa shape index (κ1) is 18.4. The van der Waals surface area contributed by atoms with Gasteiger partial charge in [0.05, 0.1) is 11.9 Å². The highest BCUT2D eigenvalue weighted by atomic mass is 32.1. The van der Waals surface area contributed by atoms with E-state index in [9.17, 15) is 4.79 Å². The van der Waals surface area contributed by atoms with Crippen LogP contribution in [0, 0.1) is 13.8 Å². The Labute approximate surface area is 168 Å². The first-order valence-corrected chi connectivity index (χ1v) is 10.2. The van der Waals surface area contributed by atoms with E-state index >= 15 is 0 Å². The van der Waals surface area contributed by atoms with Crippen molar-refractivity contribution in [2.45, 2.75) is 13.8 Å². The number of anilines is 3. The molecular weight excluding hydrogens is 370 g/mol. The second-order valence-electron chi connectivity index (χ2n) is 6.97. The van der Waals surface area contributed by atoms with Crippen molar-refractivity contribution < 1.29 is 4.79 Å². The molecule has 7 heteroatoms. The normalized spacial score (nSPS) is 14.2. The Morgan fingerprint density at radius 3 is 2.71 bits per heavy atom. The van der Waals surface area contributed by atoms with Gasteiger partial charge in [-0.05, 0) is 43.2 Å². The predicted molar refractivity (Wildman–Crippen MR) is 114 cm³/mol. The molecular formula is C21H23N5OS. The molecule has 4 rings (SSSR count). The van der Waals surface area contributed by atoms with E-state index in [1.54, 1.807) is 12.4 Å². The molecule has 0 spiro atoms. The highest BCUT2D eigenvalue weighted by Gasteiger charge is 2.24. The smallest absolute Gasteiger partial charge is 0.273 e. The number of pyridine rings is 1. The summed E-state index contributed by atoms with van der Waals surface area (Å²) in [7, 11) is 0. The molecule has 0 atom stereocenters. The van der Waals surface area contributed by atoms with E-state index in [1.165, 1.54) is 28.2 Å². The van der Waals surface area contributed by atoms with Crippen LogP contribution in [0.15, 0.2) is 48.1 Å². The monoisotopic (exact) mass is 393 g/mol. The molecule has 1 saturated heterocycles. The van der Waals surface area contributed by atoms with Crippen LogP contribution in [-0.2, 0) is 0 Å². The van der Waals surface area contributed by atoms with Gasteiger partial charge < -0.3 is 15.1 Å². The van der Waals surface area contributed by atoms with Crippen LogP contribution in [0.5, 0.6) is 0 Å². The Bertz CT molecular complexity index is 964. The minimum atomic E-state index is -0.00361. The van der Waals surface area contributed by atoms with Gasteiger partial charge in [0, 0.05) is 43.4 Å². The largest absolute Gasteiger partial charge is 0.368 e. The van der Waals surface area contributed by atoms with Crippen LogP contribution in [0.2, 0.25) is 0 Å². The van der Waals surface area contributed by atoms with Gasteiger partial charge in [0.25, 0.3) is 5.91 Å². The molecule has 6 nitrogen and oxygen atoms in total. The van der Waals surface area contributed by atoms with Crippen LogP contribution < -0.4 is 10.2 Å². The third-order valence-electron chi connectivity index (χ3n) is 4.91. The van der Waals surface area contributed by atoms with Gasteiger partial charge in [0.2, 0.25) is 0 Å². The Hall–Kier alpha value is -2.93. The number of rotatable bonds is 4. The van der Waals surface area contributed by atoms with Gasteiger partial charge in [-0.3, -0.25) is 9.78 Å². The average molecular weight is 394 g/mol. The average Bonchev–Trinajstić information content (AvgIpc) is 3.18. The number of aryl methyl sites for hydroxylation is 2. The number of amides is 1. The molecule has 1 fully saturated rings. The molecule has 0 bridgehead atoms. The second kappa shape index (κ2) is 7.98. The number of hydrogen-bond acceptors (Lipinski definition) is 6. The highest BCUT2D eigenvalue weighted by Crippen LogP contribution is 2.24. The minimum Gasteiger partial charge on any atom is -0.368 e. The van der Waals surface area contributed by atoms with Crippen LogP contribution in [-0.4, -0.2) is 47.0 Å². The molecule has 0 unspecified atom stereocenters. The maximum atomic E-state index is 12.8. The zero-order chi connectivity index (χ0) is 19.5. The number of nitrogens with one attached hydrogen (secondary N) is 1. The second-order valence-corrected chi connectivity index (χ2v) is 7.83. The van der Waals surface area contributed by atoms with E-state index in [1.807, 2.05) is 22.4 Å². The molecule has 1 N–H and O–H groups in total. The van der Waals surface area contributed by atoms with E-state index in [2.05, 4.69) is 52.2 Å². The van der Waals surface area contributed by atoms with E-state index in [4.69, 9.17) is 0 Å². The van der Waals surface area contributed by atoms with E-state index in [-0.39, 0.29) is 5.91 Å². The Kier molecular flexibility index (Phi) is 5.25. The number of carbonyl (C=O) groups is 1. The Morgan fingerprint density at radius 2 is 1.96 bits per heavy atom. The van der Waals surface area contributed by atoms with Crippen molar-refractivity contribution in [1.82, 2.24) is 14.9 Å². The van der Waals surface area contributed by atoms with Crippen molar-refractivity contribution in [3.63, 3.8) is 0 Å². The molecule has 1 amide bonds. The zero-order valence-corrected chi connectivity index (χ0v) is 16.9. The first-order valence-electron chi connectivity index (χ1n) is 9.34. The first-order chi connectivity index (χ1) is 13.6. The van der Waals surface area contributed by atoms with Crippen LogP contribution in [0.25, 0.3) is 0 Å². The number of piperazine rings is 1. The van der Waals surface area contributed by atoms with Gasteiger partial charge >= 0.3 is 0 Å². The van der Waals surface area contributed by atoms with Gasteiger partial charge in [-0.1, -0.05) is 12.1 Å². The lowest BCUT2D eigenvalue weighted by atomic mass is 10.1.